The molecule has 2 N–H and O–H groups in total. The molecule has 1 aromatic carbocycles. The minimum Gasteiger partial charge on any atom is -0.435 e. The fourth-order valence-corrected chi connectivity index (χ4v) is 1.91. The Balaban J connectivity index is 2.61. The van der Waals surface area contributed by atoms with Crippen LogP contribution in [0.25, 0.3) is 0 Å². The lowest BCUT2D eigenvalue weighted by atomic mass is 10.2. The van der Waals surface area contributed by atoms with Crippen LogP contribution in [0.5, 0.6) is 5.75 Å². The Hall–Kier alpha value is -1.50. The molecule has 0 bridgehead atoms. The third kappa shape index (κ3) is 7.75. The van der Waals surface area contributed by atoms with Gasteiger partial charge in [0.15, 0.2) is 5.96 Å². The lowest BCUT2D eigenvalue weighted by Gasteiger charge is -2.11. The van der Waals surface area contributed by atoms with E-state index >= 15 is 0 Å². The molecule has 0 fully saturated rings. The molecule has 1 rings (SSSR count). The zero-order valence-corrected chi connectivity index (χ0v) is 13.1. The normalized spacial score (nSPS) is 11.6. The maximum absolute atomic E-state index is 12.2. The van der Waals surface area contributed by atoms with Crippen LogP contribution >= 0.6 is 11.8 Å². The van der Waals surface area contributed by atoms with Crippen molar-refractivity contribution in [1.29, 1.82) is 0 Å². The summed E-state index contributed by atoms with van der Waals surface area (Å²) in [6.45, 7) is 1.16. The Labute approximate surface area is 128 Å². The Morgan fingerprint density at radius 1 is 1.38 bits per heavy atom. The summed E-state index contributed by atoms with van der Waals surface area (Å²) in [6, 6.07) is 6.58. The zero-order chi connectivity index (χ0) is 15.5. The third-order valence-electron chi connectivity index (χ3n) is 2.49. The molecule has 0 aliphatic carbocycles. The topological polar surface area (TPSA) is 45.7 Å². The van der Waals surface area contributed by atoms with Gasteiger partial charge in [0.05, 0.1) is 6.54 Å². The third-order valence-corrected chi connectivity index (χ3v) is 3.10. The first-order valence-corrected chi connectivity index (χ1v) is 8.10. The minimum atomic E-state index is -2.81. The van der Waals surface area contributed by atoms with Crippen LogP contribution in [0.15, 0.2) is 29.3 Å². The SMILES string of the molecule is CCNC(=NCc1cccc(OC(F)F)c1)NCCSC. The van der Waals surface area contributed by atoms with Crippen molar-refractivity contribution in [3.05, 3.63) is 29.8 Å². The number of nitrogens with one attached hydrogen (secondary N) is 2. The number of benzene rings is 1. The smallest absolute Gasteiger partial charge is 0.387 e. The van der Waals surface area contributed by atoms with Crippen LogP contribution in [0.3, 0.4) is 0 Å². The Morgan fingerprint density at radius 2 is 2.19 bits per heavy atom. The zero-order valence-electron chi connectivity index (χ0n) is 12.2. The highest BCUT2D eigenvalue weighted by Gasteiger charge is 2.04. The van der Waals surface area contributed by atoms with Gasteiger partial charge in [-0.25, -0.2) is 4.99 Å². The molecule has 0 amide bonds. The molecule has 118 valence electrons. The van der Waals surface area contributed by atoms with Gasteiger partial charge in [0.2, 0.25) is 0 Å². The molecular formula is C14H21F2N3OS. The monoisotopic (exact) mass is 317 g/mol. The van der Waals surface area contributed by atoms with E-state index in [-0.39, 0.29) is 5.75 Å². The lowest BCUT2D eigenvalue weighted by molar-refractivity contribution is -0.0498. The number of hydrogen-bond donors (Lipinski definition) is 2. The molecule has 0 spiro atoms. The fraction of sp³-hybridized carbons (Fsp3) is 0.500. The highest BCUT2D eigenvalue weighted by atomic mass is 32.2. The standard InChI is InChI=1S/C14H21F2N3OS/c1-3-17-14(18-7-8-21-2)19-10-11-5-4-6-12(9-11)20-13(15)16/h4-6,9,13H,3,7-8,10H2,1-2H3,(H2,17,18,19). The van der Waals surface area contributed by atoms with Gasteiger partial charge >= 0.3 is 6.61 Å². The lowest BCUT2D eigenvalue weighted by Crippen LogP contribution is -2.38. The fourth-order valence-electron chi connectivity index (χ4n) is 1.60. The van der Waals surface area contributed by atoms with Crippen molar-refractivity contribution in [3.63, 3.8) is 0 Å². The maximum atomic E-state index is 12.2. The predicted molar refractivity (Wildman–Crippen MR) is 84.3 cm³/mol. The van der Waals surface area contributed by atoms with Gasteiger partial charge in [-0.3, -0.25) is 0 Å². The first kappa shape index (κ1) is 17.6. The van der Waals surface area contributed by atoms with Gasteiger partial charge < -0.3 is 15.4 Å². The number of thioether (sulfide) groups is 1. The predicted octanol–water partition coefficient (Wildman–Crippen LogP) is 2.71. The summed E-state index contributed by atoms with van der Waals surface area (Å²) in [4.78, 5) is 4.42. The van der Waals surface area contributed by atoms with Gasteiger partial charge in [-0.2, -0.15) is 20.5 Å². The molecule has 0 heterocycles. The quantitative estimate of drug-likeness (QED) is 0.440. The highest BCUT2D eigenvalue weighted by molar-refractivity contribution is 7.98. The summed E-state index contributed by atoms with van der Waals surface area (Å²) >= 11 is 1.75. The molecule has 0 unspecified atom stereocenters. The Kier molecular flexibility index (Phi) is 8.57. The number of aliphatic imine (C=N–C) groups is 1. The largest absolute Gasteiger partial charge is 0.435 e. The van der Waals surface area contributed by atoms with Crippen molar-refractivity contribution >= 4 is 17.7 Å². The number of ether oxygens (including phenoxy) is 1. The molecule has 1 aromatic rings. The van der Waals surface area contributed by atoms with Gasteiger partial charge in [-0.1, -0.05) is 12.1 Å². The van der Waals surface area contributed by atoms with Gasteiger partial charge in [0, 0.05) is 18.8 Å². The van der Waals surface area contributed by atoms with Crippen LogP contribution in [0, 0.1) is 0 Å². The van der Waals surface area contributed by atoms with E-state index in [0.29, 0.717) is 12.5 Å². The van der Waals surface area contributed by atoms with E-state index in [4.69, 9.17) is 0 Å². The molecule has 0 saturated heterocycles. The molecule has 0 radical (unpaired) electrons. The van der Waals surface area contributed by atoms with Crippen LogP contribution in [-0.2, 0) is 6.54 Å². The van der Waals surface area contributed by atoms with Crippen molar-refractivity contribution in [2.24, 2.45) is 4.99 Å². The van der Waals surface area contributed by atoms with E-state index < -0.39 is 6.61 Å². The maximum Gasteiger partial charge on any atom is 0.387 e. The van der Waals surface area contributed by atoms with Crippen molar-refractivity contribution in [2.75, 3.05) is 25.1 Å². The molecular weight excluding hydrogens is 296 g/mol. The van der Waals surface area contributed by atoms with Crippen LogP contribution in [0.1, 0.15) is 12.5 Å². The van der Waals surface area contributed by atoms with E-state index in [1.54, 1.807) is 23.9 Å². The summed E-state index contributed by atoms with van der Waals surface area (Å²) in [6.07, 6.45) is 2.04. The van der Waals surface area contributed by atoms with E-state index in [2.05, 4.69) is 20.4 Å². The summed E-state index contributed by atoms with van der Waals surface area (Å²) in [5.74, 6) is 1.85. The highest BCUT2D eigenvalue weighted by Crippen LogP contribution is 2.16. The first-order chi connectivity index (χ1) is 10.2. The summed E-state index contributed by atoms with van der Waals surface area (Å²) in [7, 11) is 0. The van der Waals surface area contributed by atoms with Gasteiger partial charge in [0.1, 0.15) is 5.75 Å². The van der Waals surface area contributed by atoms with Crippen LogP contribution in [0.4, 0.5) is 8.78 Å². The second kappa shape index (κ2) is 10.3. The molecule has 0 saturated carbocycles. The van der Waals surface area contributed by atoms with E-state index in [0.717, 1.165) is 24.4 Å². The van der Waals surface area contributed by atoms with Gasteiger partial charge in [-0.15, -0.1) is 0 Å². The Morgan fingerprint density at radius 3 is 2.86 bits per heavy atom. The second-order valence-corrected chi connectivity index (χ2v) is 5.13. The number of hydrogen-bond acceptors (Lipinski definition) is 3. The van der Waals surface area contributed by atoms with Crippen LogP contribution in [0.2, 0.25) is 0 Å². The Bertz CT molecular complexity index is 444. The molecule has 0 aromatic heterocycles. The minimum absolute atomic E-state index is 0.151. The van der Waals surface area contributed by atoms with Crippen molar-refractivity contribution in [3.8, 4) is 5.75 Å². The molecule has 0 aliphatic heterocycles. The van der Waals surface area contributed by atoms with Crippen molar-refractivity contribution in [1.82, 2.24) is 10.6 Å². The molecule has 0 aliphatic rings. The van der Waals surface area contributed by atoms with Crippen LogP contribution in [-0.4, -0.2) is 37.7 Å². The number of nitrogens with zero attached hydrogens (tertiary/aromatic N) is 1. The summed E-state index contributed by atoms with van der Waals surface area (Å²) in [5.41, 5.74) is 0.815. The van der Waals surface area contributed by atoms with E-state index in [9.17, 15) is 8.78 Å². The van der Waals surface area contributed by atoms with Crippen molar-refractivity contribution < 1.29 is 13.5 Å². The average Bonchev–Trinajstić information content (AvgIpc) is 2.44. The van der Waals surface area contributed by atoms with E-state index in [1.807, 2.05) is 19.2 Å². The first-order valence-electron chi connectivity index (χ1n) is 6.70. The second-order valence-electron chi connectivity index (χ2n) is 4.14. The van der Waals surface area contributed by atoms with Gasteiger partial charge in [0.25, 0.3) is 0 Å². The average molecular weight is 317 g/mol. The van der Waals surface area contributed by atoms with Gasteiger partial charge in [-0.05, 0) is 30.9 Å². The molecule has 4 nitrogen and oxygen atoms in total. The molecule has 21 heavy (non-hydrogen) atoms. The number of rotatable bonds is 8. The number of alkyl halides is 2. The summed E-state index contributed by atoms with van der Waals surface area (Å²) < 4.78 is 28.7. The molecule has 0 atom stereocenters. The molecule has 7 heteroatoms. The van der Waals surface area contributed by atoms with Crippen LogP contribution < -0.4 is 15.4 Å². The summed E-state index contributed by atoms with van der Waals surface area (Å²) in [5, 5.41) is 6.34. The number of guanidine groups is 1. The number of halogens is 2. The van der Waals surface area contributed by atoms with Crippen molar-refractivity contribution in [2.45, 2.75) is 20.1 Å². The van der Waals surface area contributed by atoms with E-state index in [1.165, 1.54) is 6.07 Å².